The van der Waals surface area contributed by atoms with Crippen molar-refractivity contribution < 1.29 is 9.47 Å². The summed E-state index contributed by atoms with van der Waals surface area (Å²) in [7, 11) is 7.66. The van der Waals surface area contributed by atoms with Crippen LogP contribution < -0.4 is 20.0 Å². The van der Waals surface area contributed by atoms with E-state index in [1.54, 1.807) is 7.11 Å². The zero-order valence-electron chi connectivity index (χ0n) is 37.6. The fourth-order valence-electron chi connectivity index (χ4n) is 9.61. The van der Waals surface area contributed by atoms with E-state index in [1.165, 1.54) is 48.5 Å². The van der Waals surface area contributed by atoms with Gasteiger partial charge in [0.05, 0.1) is 35.0 Å². The van der Waals surface area contributed by atoms with E-state index >= 15 is 0 Å². The fourth-order valence-corrected chi connectivity index (χ4v) is 10.3. The number of ether oxygens (including phenoxy) is 2. The van der Waals surface area contributed by atoms with Gasteiger partial charge in [0.2, 0.25) is 10.6 Å². The molecule has 4 aliphatic heterocycles. The average molecular weight is 935 g/mol. The Morgan fingerprint density at radius 3 is 1.66 bits per heavy atom. The largest absolute Gasteiger partial charge is 0.381 e. The number of nitrogens with zero attached hydrogens (tertiary/aromatic N) is 11. The molecule has 2 saturated heterocycles. The van der Waals surface area contributed by atoms with Crippen molar-refractivity contribution in [2.45, 2.75) is 116 Å². The predicted molar refractivity (Wildman–Crippen MR) is 250 cm³/mol. The molecule has 4 aromatic heterocycles. The predicted octanol–water partition coefficient (Wildman–Crippen LogP) is 7.95. The van der Waals surface area contributed by atoms with Gasteiger partial charge in [-0.1, -0.05) is 39.3 Å². The van der Waals surface area contributed by atoms with E-state index in [-0.39, 0.29) is 29.2 Å². The van der Waals surface area contributed by atoms with Crippen LogP contribution in [0.4, 0.5) is 17.5 Å². The minimum Gasteiger partial charge on any atom is -0.381 e. The molecule has 2 atom stereocenters. The van der Waals surface area contributed by atoms with Gasteiger partial charge in [-0.2, -0.15) is 10.2 Å². The number of anilines is 3. The van der Waals surface area contributed by atoms with E-state index in [1.807, 2.05) is 30.6 Å². The molecule has 6 aliphatic rings. The highest BCUT2D eigenvalue weighted by Gasteiger charge is 2.39. The Hall–Kier alpha value is -2.98. The average Bonchev–Trinajstić information content (AvgIpc) is 4.17. The zero-order chi connectivity index (χ0) is 43.2. The second-order valence-corrected chi connectivity index (χ2v) is 20.1. The van der Waals surface area contributed by atoms with Crippen LogP contribution in [0.1, 0.15) is 112 Å². The van der Waals surface area contributed by atoms with Crippen LogP contribution in [-0.4, -0.2) is 105 Å². The van der Waals surface area contributed by atoms with Gasteiger partial charge in [-0.15, -0.1) is 12.4 Å². The molecule has 0 amide bonds. The summed E-state index contributed by atoms with van der Waals surface area (Å²) in [6.45, 7) is 16.3. The number of rotatable bonds is 7. The first-order valence-electron chi connectivity index (χ1n) is 22.0. The van der Waals surface area contributed by atoms with Gasteiger partial charge in [-0.3, -0.25) is 9.36 Å². The Morgan fingerprint density at radius 2 is 1.16 bits per heavy atom. The first-order valence-corrected chi connectivity index (χ1v) is 23.1. The maximum Gasteiger partial charge on any atom is 0.224 e. The molecule has 2 saturated carbocycles. The van der Waals surface area contributed by atoms with Gasteiger partial charge in [0.15, 0.2) is 0 Å². The van der Waals surface area contributed by atoms with Crippen LogP contribution in [0.3, 0.4) is 0 Å². The highest BCUT2D eigenvalue weighted by atomic mass is 35.5. The normalized spacial score (nSPS) is 22.7. The third-order valence-corrected chi connectivity index (χ3v) is 14.1. The van der Waals surface area contributed by atoms with Gasteiger partial charge in [0.1, 0.15) is 22.6 Å². The summed E-state index contributed by atoms with van der Waals surface area (Å²) in [5.74, 6) is 4.62. The number of aromatic nitrogens is 8. The third kappa shape index (κ3) is 10.4. The smallest absolute Gasteiger partial charge is 0.224 e. The van der Waals surface area contributed by atoms with E-state index in [0.717, 1.165) is 100 Å². The first-order chi connectivity index (χ1) is 29.1. The van der Waals surface area contributed by atoms with Crippen molar-refractivity contribution in [1.29, 1.82) is 0 Å². The summed E-state index contributed by atoms with van der Waals surface area (Å²) < 4.78 is 15.1. The minimum absolute atomic E-state index is 0. The van der Waals surface area contributed by atoms with E-state index in [2.05, 4.69) is 79.9 Å². The van der Waals surface area contributed by atoms with Crippen LogP contribution in [-0.2, 0) is 49.5 Å². The van der Waals surface area contributed by atoms with Gasteiger partial charge >= 0.3 is 0 Å². The number of piperidine rings is 2. The second-order valence-electron chi connectivity index (χ2n) is 19.0. The Labute approximate surface area is 388 Å². The van der Waals surface area contributed by atoms with Crippen LogP contribution in [0.15, 0.2) is 12.1 Å². The maximum absolute atomic E-state index is 6.35. The summed E-state index contributed by atoms with van der Waals surface area (Å²) in [6, 6.07) is 4.47. The molecule has 0 spiro atoms. The lowest BCUT2D eigenvalue weighted by atomic mass is 9.81. The van der Waals surface area contributed by atoms with Gasteiger partial charge in [0, 0.05) is 133 Å². The Morgan fingerprint density at radius 1 is 0.645 bits per heavy atom. The Bertz CT molecular complexity index is 2190. The molecule has 4 aromatic rings. The molecule has 340 valence electrons. The van der Waals surface area contributed by atoms with Crippen molar-refractivity contribution in [2.75, 3.05) is 68.2 Å². The molecule has 14 nitrogen and oxygen atoms in total. The quantitative estimate of drug-likeness (QED) is 0.143. The van der Waals surface area contributed by atoms with Crippen molar-refractivity contribution in [3.63, 3.8) is 0 Å². The highest BCUT2D eigenvalue weighted by Crippen LogP contribution is 2.43. The molecule has 0 bridgehead atoms. The first kappa shape index (κ1) is 47.0. The molecule has 4 fully saturated rings. The van der Waals surface area contributed by atoms with E-state index < -0.39 is 0 Å². The molecule has 18 heteroatoms. The molecule has 0 radical (unpaired) electrons. The number of halogens is 4. The molecule has 0 unspecified atom stereocenters. The minimum atomic E-state index is 0. The van der Waals surface area contributed by atoms with Crippen molar-refractivity contribution >= 4 is 64.7 Å². The molecule has 10 rings (SSSR count). The molecule has 2 aliphatic carbocycles. The van der Waals surface area contributed by atoms with Crippen LogP contribution in [0, 0.1) is 10.8 Å². The highest BCUT2D eigenvalue weighted by molar-refractivity contribution is 6.32. The molecule has 1 N–H and O–H groups in total. The van der Waals surface area contributed by atoms with Crippen molar-refractivity contribution in [2.24, 2.45) is 24.9 Å². The van der Waals surface area contributed by atoms with E-state index in [4.69, 9.17) is 54.4 Å². The standard InChI is InChI=1S/C22H31ClN6O.C14H15Cl2N5.C8H17NO.ClH/c1-22(2)13-29(10-8-18(22)30-4)20-15-12-28(9-7-16(15)24-21(23)25-20)19-11-17(14-5-6-14)26-27(19)3;1-20-12(6-11(19-20)8-2-3-8)21-5-4-10-9(7-21)13(15)18-14(16)17-10;1-8(2)6-9-5-4-7(8)10-3;/h11,14,18H,5-10,12-13H2,1-4H3;6,8H,2-5,7H2,1H3;7,9H,4-6H2,1-3H3;1H/t18-;;7-;/m1.1./s1. The summed E-state index contributed by atoms with van der Waals surface area (Å²) in [6.07, 6.45) is 9.57. The summed E-state index contributed by atoms with van der Waals surface area (Å²) >= 11 is 18.4. The molecular formula is C44H64Cl4N12O2. The van der Waals surface area contributed by atoms with Gasteiger partial charge in [0.25, 0.3) is 0 Å². The number of methoxy groups -OCH3 is 2. The van der Waals surface area contributed by atoms with Crippen LogP contribution >= 0.6 is 47.2 Å². The number of hydrogen-bond acceptors (Lipinski definition) is 12. The van der Waals surface area contributed by atoms with Gasteiger partial charge in [-0.25, -0.2) is 19.9 Å². The van der Waals surface area contributed by atoms with Crippen molar-refractivity contribution in [3.05, 3.63) is 61.8 Å². The SMILES string of the molecule is CO[C@@H]1CCN(c2nc(Cl)nc3c2CN(c2cc(C4CC4)nn2C)CC3)CC1(C)C.CO[C@@H]1CCNCC1(C)C.Cl.Cn1nc(C2CC2)cc1N1CCc2nc(Cl)nc(Cl)c2C1. The lowest BCUT2D eigenvalue weighted by molar-refractivity contribution is -0.0136. The summed E-state index contributed by atoms with van der Waals surface area (Å²) in [5.41, 5.74) is 7.01. The Balaban J connectivity index is 0.000000156. The van der Waals surface area contributed by atoms with Crippen LogP contribution in [0.25, 0.3) is 0 Å². The van der Waals surface area contributed by atoms with E-state index in [0.29, 0.717) is 40.3 Å². The molecule has 8 heterocycles. The topological polar surface area (TPSA) is 127 Å². The molecule has 0 aromatic carbocycles. The van der Waals surface area contributed by atoms with Gasteiger partial charge < -0.3 is 29.5 Å². The van der Waals surface area contributed by atoms with Crippen LogP contribution in [0.5, 0.6) is 0 Å². The Kier molecular flexibility index (Phi) is 14.6. The maximum atomic E-state index is 6.35. The van der Waals surface area contributed by atoms with Crippen molar-refractivity contribution in [3.8, 4) is 0 Å². The third-order valence-electron chi connectivity index (χ3n) is 13.4. The number of fused-ring (bicyclic) bond motifs is 2. The lowest BCUT2D eigenvalue weighted by Gasteiger charge is -2.45. The number of aryl methyl sites for hydroxylation is 2. The van der Waals surface area contributed by atoms with Gasteiger partial charge in [-0.05, 0) is 68.3 Å². The monoisotopic (exact) mass is 932 g/mol. The fraction of sp³-hybridized carbons (Fsp3) is 0.682. The second kappa shape index (κ2) is 19.2. The lowest BCUT2D eigenvalue weighted by Crippen LogP contribution is -2.50. The zero-order valence-corrected chi connectivity index (χ0v) is 40.6. The van der Waals surface area contributed by atoms with E-state index in [9.17, 15) is 0 Å². The summed E-state index contributed by atoms with van der Waals surface area (Å²) in [5, 5.41) is 13.8. The van der Waals surface area contributed by atoms with Crippen LogP contribution in [0.2, 0.25) is 15.7 Å². The number of hydrogen-bond donors (Lipinski definition) is 1. The summed E-state index contributed by atoms with van der Waals surface area (Å²) in [4.78, 5) is 24.7. The number of nitrogens with one attached hydrogen (secondary N) is 1. The molecule has 62 heavy (non-hydrogen) atoms. The molecular weight excluding hydrogens is 870 g/mol. The van der Waals surface area contributed by atoms with Crippen molar-refractivity contribution in [1.82, 2.24) is 44.8 Å².